The molecule has 1 aromatic heterocycles. The van der Waals surface area contributed by atoms with Crippen LogP contribution in [0.4, 0.5) is 5.69 Å². The van der Waals surface area contributed by atoms with Crippen LogP contribution in [0.2, 0.25) is 0 Å². The van der Waals surface area contributed by atoms with Crippen LogP contribution in [-0.2, 0) is 24.3 Å². The normalized spacial score (nSPS) is 12.9. The number of pyridine rings is 1. The van der Waals surface area contributed by atoms with Gasteiger partial charge in [0.1, 0.15) is 0 Å². The van der Waals surface area contributed by atoms with E-state index in [0.717, 1.165) is 16.7 Å². The molecule has 0 fully saturated rings. The number of carbonyl (C=O) groups is 2. The average Bonchev–Trinajstić information content (AvgIpc) is 2.74. The van der Waals surface area contributed by atoms with Gasteiger partial charge in [-0.2, -0.15) is 0 Å². The summed E-state index contributed by atoms with van der Waals surface area (Å²) in [5, 5.41) is 2.71. The Morgan fingerprint density at radius 1 is 1.00 bits per heavy atom. The molecule has 1 aliphatic heterocycles. The molecule has 2 amide bonds. The maximum Gasteiger partial charge on any atom is 0.254 e. The van der Waals surface area contributed by atoms with Gasteiger partial charge < -0.3 is 14.8 Å². The molecular weight excluding hydrogens is 378 g/mol. The number of nitrogens with zero attached hydrogens (tertiary/aromatic N) is 2. The van der Waals surface area contributed by atoms with Crippen LogP contribution in [0.1, 0.15) is 34.0 Å². The van der Waals surface area contributed by atoms with Gasteiger partial charge in [0.15, 0.2) is 0 Å². The van der Waals surface area contributed by atoms with E-state index in [1.165, 1.54) is 6.92 Å². The number of hydrogen-bond donors (Lipinski definition) is 1. The predicted molar refractivity (Wildman–Crippen MR) is 115 cm³/mol. The van der Waals surface area contributed by atoms with E-state index in [1.807, 2.05) is 36.5 Å². The zero-order chi connectivity index (χ0) is 21.1. The maximum atomic E-state index is 13.0. The van der Waals surface area contributed by atoms with Crippen molar-refractivity contribution in [1.82, 2.24) is 9.47 Å². The minimum absolute atomic E-state index is 0.0274. The fourth-order valence-electron chi connectivity index (χ4n) is 3.77. The molecule has 0 radical (unpaired) electrons. The van der Waals surface area contributed by atoms with Crippen LogP contribution in [0.15, 0.2) is 71.7 Å². The van der Waals surface area contributed by atoms with Gasteiger partial charge in [0, 0.05) is 43.5 Å². The summed E-state index contributed by atoms with van der Waals surface area (Å²) in [4.78, 5) is 38.6. The van der Waals surface area contributed by atoms with Crippen LogP contribution >= 0.6 is 0 Å². The number of nitrogens with one attached hydrogen (secondary N) is 1. The predicted octanol–water partition coefficient (Wildman–Crippen LogP) is 3.05. The van der Waals surface area contributed by atoms with Crippen LogP contribution < -0.4 is 10.9 Å². The lowest BCUT2D eigenvalue weighted by molar-refractivity contribution is -0.114. The van der Waals surface area contributed by atoms with Gasteiger partial charge in [-0.05, 0) is 41.3 Å². The molecule has 0 unspecified atom stereocenters. The lowest BCUT2D eigenvalue weighted by atomic mass is 10.0. The Labute approximate surface area is 174 Å². The fourth-order valence-corrected chi connectivity index (χ4v) is 3.77. The van der Waals surface area contributed by atoms with Crippen molar-refractivity contribution < 1.29 is 9.59 Å². The van der Waals surface area contributed by atoms with Gasteiger partial charge in [0.25, 0.3) is 11.5 Å². The summed E-state index contributed by atoms with van der Waals surface area (Å²) in [6, 6.07) is 18.5. The third kappa shape index (κ3) is 4.33. The second-order valence-electron chi connectivity index (χ2n) is 7.51. The summed E-state index contributed by atoms with van der Waals surface area (Å²) >= 11 is 0. The summed E-state index contributed by atoms with van der Waals surface area (Å²) in [5.41, 5.74) is 4.15. The van der Waals surface area contributed by atoms with E-state index in [1.54, 1.807) is 39.8 Å². The van der Waals surface area contributed by atoms with Crippen molar-refractivity contribution in [2.24, 2.45) is 0 Å². The van der Waals surface area contributed by atoms with Crippen molar-refractivity contribution in [1.29, 1.82) is 0 Å². The minimum Gasteiger partial charge on any atom is -0.334 e. The molecule has 6 nitrogen and oxygen atoms in total. The smallest absolute Gasteiger partial charge is 0.254 e. The second kappa shape index (κ2) is 8.37. The van der Waals surface area contributed by atoms with Crippen LogP contribution in [0, 0.1) is 0 Å². The summed E-state index contributed by atoms with van der Waals surface area (Å²) in [7, 11) is 0. The number of aromatic nitrogens is 1. The minimum atomic E-state index is -0.178. The lowest BCUT2D eigenvalue weighted by Gasteiger charge is -2.29. The van der Waals surface area contributed by atoms with Gasteiger partial charge in [0.2, 0.25) is 5.91 Å². The van der Waals surface area contributed by atoms with Crippen LogP contribution in [-0.4, -0.2) is 27.8 Å². The molecule has 2 aromatic carbocycles. The highest BCUT2D eigenvalue weighted by Crippen LogP contribution is 2.21. The van der Waals surface area contributed by atoms with Crippen LogP contribution in [0.25, 0.3) is 0 Å². The molecule has 0 saturated carbocycles. The van der Waals surface area contributed by atoms with Crippen molar-refractivity contribution in [3.8, 4) is 0 Å². The van der Waals surface area contributed by atoms with E-state index in [4.69, 9.17) is 0 Å². The quantitative estimate of drug-likeness (QED) is 0.730. The average molecular weight is 401 g/mol. The molecule has 152 valence electrons. The van der Waals surface area contributed by atoms with Crippen LogP contribution in [0.5, 0.6) is 0 Å². The Balaban J connectivity index is 1.55. The number of fused-ring (bicyclic) bond motifs is 1. The van der Waals surface area contributed by atoms with E-state index in [2.05, 4.69) is 5.32 Å². The number of hydrogen-bond acceptors (Lipinski definition) is 3. The van der Waals surface area contributed by atoms with E-state index < -0.39 is 0 Å². The number of benzene rings is 2. The van der Waals surface area contributed by atoms with E-state index in [0.29, 0.717) is 37.3 Å². The van der Waals surface area contributed by atoms with Gasteiger partial charge in [-0.3, -0.25) is 14.4 Å². The van der Waals surface area contributed by atoms with Crippen LogP contribution in [0.3, 0.4) is 0 Å². The third-order valence-electron chi connectivity index (χ3n) is 5.23. The zero-order valence-corrected chi connectivity index (χ0v) is 16.8. The number of anilines is 1. The highest BCUT2D eigenvalue weighted by Gasteiger charge is 2.23. The highest BCUT2D eigenvalue weighted by molar-refractivity contribution is 5.96. The molecule has 0 aliphatic carbocycles. The first kappa shape index (κ1) is 19.6. The first-order valence-electron chi connectivity index (χ1n) is 9.93. The molecule has 4 rings (SSSR count). The van der Waals surface area contributed by atoms with Crippen molar-refractivity contribution >= 4 is 17.5 Å². The molecule has 0 spiro atoms. The molecule has 3 aromatic rings. The van der Waals surface area contributed by atoms with Gasteiger partial charge in [-0.1, -0.05) is 36.4 Å². The van der Waals surface area contributed by atoms with Crippen molar-refractivity contribution in [3.63, 3.8) is 0 Å². The standard InChI is InChI=1S/C24H23N3O3/c1-17(28)25-22-9-5-8-20(12-22)24(30)26-11-10-19-13-23(29)27(16-21(19)15-26)14-18-6-3-2-4-7-18/h2-9,12-13,16H,10-11,14-15H2,1H3,(H,25,28). The molecule has 0 atom stereocenters. The molecule has 1 N–H and O–H groups in total. The monoisotopic (exact) mass is 401 g/mol. The lowest BCUT2D eigenvalue weighted by Crippen LogP contribution is -2.37. The Morgan fingerprint density at radius 2 is 1.80 bits per heavy atom. The SMILES string of the molecule is CC(=O)Nc1cccc(C(=O)N2CCc3cc(=O)n(Cc4ccccc4)cc3C2)c1. The van der Waals surface area contributed by atoms with E-state index >= 15 is 0 Å². The summed E-state index contributed by atoms with van der Waals surface area (Å²) in [6.07, 6.45) is 2.52. The van der Waals surface area contributed by atoms with Crippen molar-refractivity contribution in [2.45, 2.75) is 26.4 Å². The van der Waals surface area contributed by atoms with Crippen molar-refractivity contribution in [2.75, 3.05) is 11.9 Å². The molecule has 30 heavy (non-hydrogen) atoms. The van der Waals surface area contributed by atoms with E-state index in [9.17, 15) is 14.4 Å². The summed E-state index contributed by atoms with van der Waals surface area (Å²) in [6.45, 7) is 2.94. The first-order chi connectivity index (χ1) is 14.5. The van der Waals surface area contributed by atoms with Gasteiger partial charge in [-0.25, -0.2) is 0 Å². The molecule has 0 saturated heterocycles. The summed E-state index contributed by atoms with van der Waals surface area (Å²) < 4.78 is 1.69. The highest BCUT2D eigenvalue weighted by atomic mass is 16.2. The topological polar surface area (TPSA) is 71.4 Å². The number of amides is 2. The first-order valence-corrected chi connectivity index (χ1v) is 9.93. The molecule has 1 aliphatic rings. The Hall–Kier alpha value is -3.67. The zero-order valence-electron chi connectivity index (χ0n) is 16.8. The number of carbonyl (C=O) groups excluding carboxylic acids is 2. The Bertz CT molecular complexity index is 1150. The molecular formula is C24H23N3O3. The fraction of sp³-hybridized carbons (Fsp3) is 0.208. The largest absolute Gasteiger partial charge is 0.334 e. The van der Waals surface area contributed by atoms with E-state index in [-0.39, 0.29) is 17.4 Å². The summed E-state index contributed by atoms with van der Waals surface area (Å²) in [5.74, 6) is -0.267. The molecule has 2 heterocycles. The van der Waals surface area contributed by atoms with Gasteiger partial charge in [0.05, 0.1) is 6.54 Å². The maximum absolute atomic E-state index is 13.0. The Kier molecular flexibility index (Phi) is 5.48. The van der Waals surface area contributed by atoms with Gasteiger partial charge in [-0.15, -0.1) is 0 Å². The Morgan fingerprint density at radius 3 is 2.57 bits per heavy atom. The van der Waals surface area contributed by atoms with Gasteiger partial charge >= 0.3 is 0 Å². The molecule has 0 bridgehead atoms. The third-order valence-corrected chi connectivity index (χ3v) is 5.23. The number of rotatable bonds is 4. The van der Waals surface area contributed by atoms with Crippen molar-refractivity contribution in [3.05, 3.63) is 99.5 Å². The molecule has 6 heteroatoms. The second-order valence-corrected chi connectivity index (χ2v) is 7.51.